The van der Waals surface area contributed by atoms with E-state index in [0.717, 1.165) is 0 Å². The number of aliphatic hydroxyl groups is 2. The van der Waals surface area contributed by atoms with Gasteiger partial charge < -0.3 is 14.9 Å². The Labute approximate surface area is 107 Å². The summed E-state index contributed by atoms with van der Waals surface area (Å²) in [5, 5.41) is 20.6. The first-order valence-corrected chi connectivity index (χ1v) is 5.84. The van der Waals surface area contributed by atoms with Crippen molar-refractivity contribution in [3.05, 3.63) is 28.8 Å². The molecule has 0 aliphatic carbocycles. The van der Waals surface area contributed by atoms with Crippen LogP contribution in [0.2, 0.25) is 5.02 Å². The second-order valence-corrected chi connectivity index (χ2v) is 5.56. The van der Waals surface area contributed by atoms with Gasteiger partial charge in [-0.1, -0.05) is 38.4 Å². The highest BCUT2D eigenvalue weighted by Gasteiger charge is 2.30. The van der Waals surface area contributed by atoms with E-state index in [9.17, 15) is 10.2 Å². The lowest BCUT2D eigenvalue weighted by Gasteiger charge is -2.30. The minimum absolute atomic E-state index is 0.397. The van der Waals surface area contributed by atoms with E-state index in [1.165, 1.54) is 7.11 Å². The van der Waals surface area contributed by atoms with E-state index >= 15 is 0 Å². The van der Waals surface area contributed by atoms with Crippen LogP contribution >= 0.6 is 11.6 Å². The van der Waals surface area contributed by atoms with Gasteiger partial charge in [0.15, 0.2) is 0 Å². The number of hydrogen-bond donors (Lipinski definition) is 2. The SMILES string of the molecule is COc1cc(C(O)C(O)C(C)(C)C)ccc1Cl. The van der Waals surface area contributed by atoms with Crippen LogP contribution in [0.5, 0.6) is 5.75 Å². The van der Waals surface area contributed by atoms with Gasteiger partial charge in [-0.25, -0.2) is 0 Å². The zero-order chi connectivity index (χ0) is 13.2. The number of benzene rings is 1. The topological polar surface area (TPSA) is 49.7 Å². The minimum atomic E-state index is -0.957. The van der Waals surface area contributed by atoms with E-state index in [1.54, 1.807) is 18.2 Å². The van der Waals surface area contributed by atoms with Gasteiger partial charge in [0.05, 0.1) is 18.2 Å². The summed E-state index contributed by atoms with van der Waals surface area (Å²) in [7, 11) is 1.51. The maximum absolute atomic E-state index is 10.1. The summed E-state index contributed by atoms with van der Waals surface area (Å²) in [6.45, 7) is 5.61. The number of rotatable bonds is 3. The Morgan fingerprint density at radius 3 is 2.29 bits per heavy atom. The second-order valence-electron chi connectivity index (χ2n) is 5.15. The highest BCUT2D eigenvalue weighted by Crippen LogP contribution is 2.33. The molecule has 2 N–H and O–H groups in total. The van der Waals surface area contributed by atoms with Gasteiger partial charge in [-0.2, -0.15) is 0 Å². The maximum Gasteiger partial charge on any atom is 0.137 e. The minimum Gasteiger partial charge on any atom is -0.495 e. The number of ether oxygens (including phenoxy) is 1. The molecular weight excluding hydrogens is 240 g/mol. The second kappa shape index (κ2) is 5.25. The van der Waals surface area contributed by atoms with Crippen molar-refractivity contribution in [3.63, 3.8) is 0 Å². The van der Waals surface area contributed by atoms with Gasteiger partial charge in [-0.15, -0.1) is 0 Å². The van der Waals surface area contributed by atoms with Crippen LogP contribution in [-0.2, 0) is 0 Å². The van der Waals surface area contributed by atoms with Crippen LogP contribution in [-0.4, -0.2) is 23.4 Å². The fraction of sp³-hybridized carbons (Fsp3) is 0.538. The number of aliphatic hydroxyl groups excluding tert-OH is 2. The Morgan fingerprint density at radius 2 is 1.82 bits per heavy atom. The van der Waals surface area contributed by atoms with E-state index in [4.69, 9.17) is 16.3 Å². The van der Waals surface area contributed by atoms with Crippen molar-refractivity contribution in [2.45, 2.75) is 33.0 Å². The lowest BCUT2D eigenvalue weighted by Crippen LogP contribution is -2.32. The number of methoxy groups -OCH3 is 1. The number of halogens is 1. The van der Waals surface area contributed by atoms with E-state index in [1.807, 2.05) is 20.8 Å². The van der Waals surface area contributed by atoms with Gasteiger partial charge in [-0.05, 0) is 23.1 Å². The molecule has 2 unspecified atom stereocenters. The summed E-state index contributed by atoms with van der Waals surface area (Å²) in [5.41, 5.74) is 0.195. The van der Waals surface area contributed by atoms with Gasteiger partial charge in [0.25, 0.3) is 0 Å². The first-order valence-electron chi connectivity index (χ1n) is 5.47. The van der Waals surface area contributed by atoms with Gasteiger partial charge in [0, 0.05) is 0 Å². The molecule has 1 aromatic carbocycles. The summed E-state index contributed by atoms with van der Waals surface area (Å²) in [6.07, 6.45) is -1.81. The summed E-state index contributed by atoms with van der Waals surface area (Å²) >= 11 is 5.90. The summed E-state index contributed by atoms with van der Waals surface area (Å²) < 4.78 is 5.08. The molecule has 0 saturated heterocycles. The smallest absolute Gasteiger partial charge is 0.137 e. The first kappa shape index (κ1) is 14.3. The molecule has 0 spiro atoms. The predicted molar refractivity (Wildman–Crippen MR) is 68.4 cm³/mol. The monoisotopic (exact) mass is 258 g/mol. The third-order valence-electron chi connectivity index (χ3n) is 2.70. The standard InChI is InChI=1S/C13H19ClO3/c1-13(2,3)12(16)11(15)8-5-6-9(14)10(7-8)17-4/h5-7,11-12,15-16H,1-4H3. The normalized spacial score (nSPS) is 15.5. The molecule has 3 nitrogen and oxygen atoms in total. The molecular formula is C13H19ClO3. The maximum atomic E-state index is 10.1. The van der Waals surface area contributed by atoms with Gasteiger partial charge in [-0.3, -0.25) is 0 Å². The molecule has 0 aromatic heterocycles. The van der Waals surface area contributed by atoms with Crippen LogP contribution in [0.15, 0.2) is 18.2 Å². The lowest BCUT2D eigenvalue weighted by atomic mass is 9.83. The molecule has 0 radical (unpaired) electrons. The Balaban J connectivity index is 3.00. The highest BCUT2D eigenvalue weighted by molar-refractivity contribution is 6.32. The van der Waals surface area contributed by atoms with E-state index < -0.39 is 17.6 Å². The molecule has 0 amide bonds. The molecule has 0 heterocycles. The molecule has 0 aliphatic heterocycles. The molecule has 1 rings (SSSR count). The molecule has 0 bridgehead atoms. The summed E-state index contributed by atoms with van der Waals surface area (Å²) in [6, 6.07) is 4.97. The van der Waals surface area contributed by atoms with Crippen LogP contribution in [0.1, 0.15) is 32.4 Å². The highest BCUT2D eigenvalue weighted by atomic mass is 35.5. The first-order chi connectivity index (χ1) is 7.77. The van der Waals surface area contributed by atoms with Crippen molar-refractivity contribution in [3.8, 4) is 5.75 Å². The third-order valence-corrected chi connectivity index (χ3v) is 3.02. The Hall–Kier alpha value is -0.770. The zero-order valence-electron chi connectivity index (χ0n) is 10.6. The molecule has 2 atom stereocenters. The average Bonchev–Trinajstić information content (AvgIpc) is 2.26. The molecule has 4 heteroatoms. The van der Waals surface area contributed by atoms with Crippen molar-refractivity contribution < 1.29 is 14.9 Å². The van der Waals surface area contributed by atoms with Gasteiger partial charge in [0.2, 0.25) is 0 Å². The fourth-order valence-corrected chi connectivity index (χ4v) is 1.71. The Bertz CT molecular complexity index is 385. The largest absolute Gasteiger partial charge is 0.495 e. The van der Waals surface area contributed by atoms with Gasteiger partial charge >= 0.3 is 0 Å². The molecule has 0 saturated carbocycles. The van der Waals surface area contributed by atoms with Crippen molar-refractivity contribution in [2.75, 3.05) is 7.11 Å². The van der Waals surface area contributed by atoms with Gasteiger partial charge in [0.1, 0.15) is 11.9 Å². The lowest BCUT2D eigenvalue weighted by molar-refractivity contribution is -0.0459. The van der Waals surface area contributed by atoms with Crippen LogP contribution in [0.4, 0.5) is 0 Å². The average molecular weight is 259 g/mol. The number of hydrogen-bond acceptors (Lipinski definition) is 3. The van der Waals surface area contributed by atoms with Crippen LogP contribution < -0.4 is 4.74 Å². The fourth-order valence-electron chi connectivity index (χ4n) is 1.52. The van der Waals surface area contributed by atoms with Crippen LogP contribution in [0, 0.1) is 5.41 Å². The molecule has 0 aliphatic rings. The summed E-state index contributed by atoms with van der Waals surface area (Å²) in [4.78, 5) is 0. The third kappa shape index (κ3) is 3.35. The summed E-state index contributed by atoms with van der Waals surface area (Å²) in [5.74, 6) is 0.490. The van der Waals surface area contributed by atoms with E-state index in [0.29, 0.717) is 16.3 Å². The molecule has 96 valence electrons. The van der Waals surface area contributed by atoms with Crippen LogP contribution in [0.25, 0.3) is 0 Å². The van der Waals surface area contributed by atoms with E-state index in [2.05, 4.69) is 0 Å². The predicted octanol–water partition coefficient (Wildman–Crippen LogP) is 2.79. The van der Waals surface area contributed by atoms with Crippen molar-refractivity contribution >= 4 is 11.6 Å². The quantitative estimate of drug-likeness (QED) is 0.877. The molecule has 0 fully saturated rings. The van der Waals surface area contributed by atoms with Crippen molar-refractivity contribution in [2.24, 2.45) is 5.41 Å². The molecule has 1 aromatic rings. The zero-order valence-corrected chi connectivity index (χ0v) is 11.3. The van der Waals surface area contributed by atoms with Crippen molar-refractivity contribution in [1.29, 1.82) is 0 Å². The van der Waals surface area contributed by atoms with Crippen LogP contribution in [0.3, 0.4) is 0 Å². The van der Waals surface area contributed by atoms with E-state index in [-0.39, 0.29) is 0 Å². The molecule has 17 heavy (non-hydrogen) atoms. The Morgan fingerprint density at radius 1 is 1.24 bits per heavy atom. The van der Waals surface area contributed by atoms with Crippen molar-refractivity contribution in [1.82, 2.24) is 0 Å². The Kier molecular flexibility index (Phi) is 4.42.